The van der Waals surface area contributed by atoms with E-state index in [1.165, 1.54) is 0 Å². The Bertz CT molecular complexity index is 826. The van der Waals surface area contributed by atoms with E-state index in [-0.39, 0.29) is 23.4 Å². The first-order valence-corrected chi connectivity index (χ1v) is 9.36. The van der Waals surface area contributed by atoms with Crippen LogP contribution in [0.3, 0.4) is 0 Å². The number of hydrogen-bond acceptors (Lipinski definition) is 2. The Kier molecular flexibility index (Phi) is 4.85. The first-order chi connectivity index (χ1) is 12.7. The van der Waals surface area contributed by atoms with Crippen LogP contribution in [0.1, 0.15) is 43.6 Å². The van der Waals surface area contributed by atoms with E-state index in [0.717, 1.165) is 5.56 Å². The van der Waals surface area contributed by atoms with Gasteiger partial charge in [0.1, 0.15) is 11.7 Å². The maximum Gasteiger partial charge on any atom is 0.256 e. The summed E-state index contributed by atoms with van der Waals surface area (Å²) in [6.45, 7) is 8.11. The maximum absolute atomic E-state index is 13.5. The van der Waals surface area contributed by atoms with E-state index >= 15 is 0 Å². The van der Waals surface area contributed by atoms with Gasteiger partial charge in [-0.25, -0.2) is 0 Å². The van der Waals surface area contributed by atoms with Crippen molar-refractivity contribution in [1.82, 2.24) is 9.80 Å². The van der Waals surface area contributed by atoms with E-state index in [9.17, 15) is 9.59 Å². The van der Waals surface area contributed by atoms with Crippen LogP contribution in [0.2, 0.25) is 0 Å². The fraction of sp³-hybridized carbons (Fsp3) is 0.391. The third-order valence-electron chi connectivity index (χ3n) is 5.33. The molecule has 142 valence electrons. The number of nitrogens with zero attached hydrogens (tertiary/aromatic N) is 2. The Morgan fingerprint density at radius 3 is 2.04 bits per heavy atom. The average molecular weight is 364 g/mol. The topological polar surface area (TPSA) is 40.6 Å². The lowest BCUT2D eigenvalue weighted by atomic mass is 9.87. The minimum atomic E-state index is -0.930. The van der Waals surface area contributed by atoms with Gasteiger partial charge in [-0.15, -0.1) is 0 Å². The van der Waals surface area contributed by atoms with Gasteiger partial charge < -0.3 is 9.80 Å². The zero-order chi connectivity index (χ0) is 19.8. The summed E-state index contributed by atoms with van der Waals surface area (Å²) in [6, 6.07) is 19.1. The largest absolute Gasteiger partial charge is 0.323 e. The van der Waals surface area contributed by atoms with E-state index < -0.39 is 5.54 Å². The van der Waals surface area contributed by atoms with Crippen molar-refractivity contribution in [2.24, 2.45) is 5.41 Å². The molecular formula is C23H28N2O2. The number of carbonyl (C=O) groups excluding carboxylic acids is 2. The highest BCUT2D eigenvalue weighted by Crippen LogP contribution is 2.41. The molecule has 1 heterocycles. The van der Waals surface area contributed by atoms with Gasteiger partial charge in [-0.1, -0.05) is 69.3 Å². The van der Waals surface area contributed by atoms with Gasteiger partial charge in [-0.2, -0.15) is 0 Å². The lowest BCUT2D eigenvalue weighted by Crippen LogP contribution is -2.56. The Morgan fingerprint density at radius 1 is 1.00 bits per heavy atom. The molecule has 1 aliphatic heterocycles. The minimum absolute atomic E-state index is 0.0180. The number of rotatable bonds is 3. The average Bonchev–Trinajstić information content (AvgIpc) is 2.83. The molecule has 4 nitrogen and oxygen atoms in total. The molecule has 0 spiro atoms. The molecule has 2 aromatic carbocycles. The highest BCUT2D eigenvalue weighted by atomic mass is 16.2. The normalized spacial score (nSPS) is 23.0. The van der Waals surface area contributed by atoms with Gasteiger partial charge in [0.2, 0.25) is 5.91 Å². The molecule has 0 saturated carbocycles. The van der Waals surface area contributed by atoms with Crippen LogP contribution in [0.15, 0.2) is 60.7 Å². The molecule has 27 heavy (non-hydrogen) atoms. The van der Waals surface area contributed by atoms with Crippen molar-refractivity contribution >= 4 is 11.8 Å². The summed E-state index contributed by atoms with van der Waals surface area (Å²) in [7, 11) is 1.81. The zero-order valence-corrected chi connectivity index (χ0v) is 16.8. The summed E-state index contributed by atoms with van der Waals surface area (Å²) in [5.41, 5.74) is 0.445. The van der Waals surface area contributed by atoms with E-state index in [4.69, 9.17) is 0 Å². The molecule has 0 aliphatic carbocycles. The highest BCUT2D eigenvalue weighted by molar-refractivity contribution is 6.01. The van der Waals surface area contributed by atoms with Crippen molar-refractivity contribution in [3.8, 4) is 0 Å². The van der Waals surface area contributed by atoms with Crippen molar-refractivity contribution in [2.45, 2.75) is 45.8 Å². The van der Waals surface area contributed by atoms with Crippen molar-refractivity contribution in [3.63, 3.8) is 0 Å². The summed E-state index contributed by atoms with van der Waals surface area (Å²) >= 11 is 0. The molecule has 0 radical (unpaired) electrons. The maximum atomic E-state index is 13.5. The van der Waals surface area contributed by atoms with Crippen molar-refractivity contribution in [3.05, 3.63) is 71.8 Å². The molecule has 1 saturated heterocycles. The van der Waals surface area contributed by atoms with Crippen molar-refractivity contribution < 1.29 is 9.59 Å². The number of benzene rings is 2. The first kappa shape index (κ1) is 19.2. The van der Waals surface area contributed by atoms with Crippen LogP contribution >= 0.6 is 0 Å². The molecule has 2 atom stereocenters. The van der Waals surface area contributed by atoms with Crippen LogP contribution in [-0.2, 0) is 11.2 Å². The fourth-order valence-corrected chi connectivity index (χ4v) is 4.21. The number of likely N-dealkylation sites (N-methyl/N-ethyl adjacent to an activating group) is 1. The predicted molar refractivity (Wildman–Crippen MR) is 107 cm³/mol. The zero-order valence-electron chi connectivity index (χ0n) is 16.8. The summed E-state index contributed by atoms with van der Waals surface area (Å²) in [6.07, 6.45) is 0.175. The smallest absolute Gasteiger partial charge is 0.256 e. The minimum Gasteiger partial charge on any atom is -0.323 e. The van der Waals surface area contributed by atoms with Gasteiger partial charge in [-0.05, 0) is 24.6 Å². The van der Waals surface area contributed by atoms with Crippen molar-refractivity contribution in [2.75, 3.05) is 7.05 Å². The van der Waals surface area contributed by atoms with Crippen LogP contribution in [0.5, 0.6) is 0 Å². The van der Waals surface area contributed by atoms with E-state index in [1.54, 1.807) is 16.8 Å². The molecule has 4 heteroatoms. The third kappa shape index (κ3) is 3.36. The van der Waals surface area contributed by atoms with E-state index in [2.05, 4.69) is 20.8 Å². The molecule has 1 aliphatic rings. The summed E-state index contributed by atoms with van der Waals surface area (Å²) < 4.78 is 0. The van der Waals surface area contributed by atoms with Crippen LogP contribution in [0.25, 0.3) is 0 Å². The number of amides is 2. The second kappa shape index (κ2) is 6.84. The van der Waals surface area contributed by atoms with Gasteiger partial charge in [0.05, 0.1) is 0 Å². The lowest BCUT2D eigenvalue weighted by Gasteiger charge is -2.42. The van der Waals surface area contributed by atoms with E-state index in [0.29, 0.717) is 12.0 Å². The fourth-order valence-electron chi connectivity index (χ4n) is 4.21. The van der Waals surface area contributed by atoms with Gasteiger partial charge in [-0.3, -0.25) is 9.59 Å². The molecule has 2 aromatic rings. The standard InChI is InChI=1S/C23H28N2O2/c1-22(2,3)20-24(5)21(27)23(4,16-17-12-8-6-9-13-17)25(20)19(26)18-14-10-7-11-15-18/h6-15,20H,16H2,1-5H3/t20-,23+/m0/s1. The summed E-state index contributed by atoms with van der Waals surface area (Å²) in [5, 5.41) is 0. The number of carbonyl (C=O) groups is 2. The molecule has 1 fully saturated rings. The van der Waals surface area contributed by atoms with Crippen LogP contribution in [0, 0.1) is 5.41 Å². The van der Waals surface area contributed by atoms with E-state index in [1.807, 2.05) is 67.6 Å². The van der Waals surface area contributed by atoms with Crippen LogP contribution in [-0.4, -0.2) is 40.4 Å². The highest BCUT2D eigenvalue weighted by Gasteiger charge is 2.58. The SMILES string of the molecule is CN1C(=O)[C@@](C)(Cc2ccccc2)N(C(=O)c2ccccc2)[C@H]1C(C)(C)C. The van der Waals surface area contributed by atoms with Gasteiger partial charge in [0, 0.05) is 24.4 Å². The van der Waals surface area contributed by atoms with Crippen LogP contribution in [0.4, 0.5) is 0 Å². The Balaban J connectivity index is 2.11. The second-order valence-electron chi connectivity index (χ2n) is 8.63. The van der Waals surface area contributed by atoms with Gasteiger partial charge in [0.15, 0.2) is 0 Å². The van der Waals surface area contributed by atoms with Gasteiger partial charge >= 0.3 is 0 Å². The Morgan fingerprint density at radius 2 is 1.52 bits per heavy atom. The lowest BCUT2D eigenvalue weighted by molar-refractivity contribution is -0.132. The molecule has 2 amide bonds. The number of hydrogen-bond donors (Lipinski definition) is 0. The molecule has 0 unspecified atom stereocenters. The Hall–Kier alpha value is -2.62. The Labute approximate surface area is 161 Å². The predicted octanol–water partition coefficient (Wildman–Crippen LogP) is 3.97. The first-order valence-electron chi connectivity index (χ1n) is 9.36. The summed E-state index contributed by atoms with van der Waals surface area (Å²) in [5.74, 6) is -0.123. The van der Waals surface area contributed by atoms with Crippen LogP contribution < -0.4 is 0 Å². The quantitative estimate of drug-likeness (QED) is 0.827. The molecule has 0 aromatic heterocycles. The van der Waals surface area contributed by atoms with Gasteiger partial charge in [0.25, 0.3) is 5.91 Å². The van der Waals surface area contributed by atoms with Crippen molar-refractivity contribution in [1.29, 1.82) is 0 Å². The second-order valence-corrected chi connectivity index (χ2v) is 8.63. The molecule has 3 rings (SSSR count). The third-order valence-corrected chi connectivity index (χ3v) is 5.33. The molecular weight excluding hydrogens is 336 g/mol. The monoisotopic (exact) mass is 364 g/mol. The summed E-state index contributed by atoms with van der Waals surface area (Å²) in [4.78, 5) is 30.5. The molecule has 0 bridgehead atoms. The molecule has 0 N–H and O–H groups in total.